The van der Waals surface area contributed by atoms with Crippen LogP contribution in [0.15, 0.2) is 30.3 Å². The third kappa shape index (κ3) is 4.29. The van der Waals surface area contributed by atoms with E-state index >= 15 is 0 Å². The Balaban J connectivity index is 1.31. The van der Waals surface area contributed by atoms with Gasteiger partial charge in [0.1, 0.15) is 18.5 Å². The lowest BCUT2D eigenvalue weighted by molar-refractivity contribution is -0.141. The van der Waals surface area contributed by atoms with Crippen molar-refractivity contribution in [1.82, 2.24) is 9.97 Å². The van der Waals surface area contributed by atoms with Crippen molar-refractivity contribution in [3.8, 4) is 5.88 Å². The molecule has 2 bridgehead atoms. The maximum Gasteiger partial charge on any atom is 0.354 e. The van der Waals surface area contributed by atoms with E-state index in [4.69, 9.17) is 14.2 Å². The molecule has 0 saturated carbocycles. The van der Waals surface area contributed by atoms with Gasteiger partial charge in [-0.3, -0.25) is 10.2 Å². The fourth-order valence-corrected chi connectivity index (χ4v) is 4.35. The molecule has 2 fully saturated rings. The van der Waals surface area contributed by atoms with Gasteiger partial charge >= 0.3 is 12.0 Å². The number of nitrogens with zero attached hydrogens (tertiary/aromatic N) is 4. The maximum absolute atomic E-state index is 13.2. The molecule has 5 rings (SSSR count). The van der Waals surface area contributed by atoms with E-state index in [1.807, 2.05) is 13.8 Å². The lowest BCUT2D eigenvalue weighted by Crippen LogP contribution is -2.48. The molecule has 1 unspecified atom stereocenters. The first-order valence-corrected chi connectivity index (χ1v) is 10.8. The average Bonchev–Trinajstić information content (AvgIpc) is 3.35. The number of carbonyl (C=O) groups excluding carboxylic acids is 1. The van der Waals surface area contributed by atoms with Gasteiger partial charge in [0.2, 0.25) is 5.88 Å². The fraction of sp³-hybridized carbons (Fsp3) is 0.455. The van der Waals surface area contributed by atoms with Gasteiger partial charge in [-0.1, -0.05) is 6.07 Å². The van der Waals surface area contributed by atoms with Gasteiger partial charge < -0.3 is 24.2 Å². The molecule has 11 heteroatoms. The largest absolute Gasteiger partial charge is 0.477 e. The van der Waals surface area contributed by atoms with Crippen LogP contribution in [-0.4, -0.2) is 71.3 Å². The van der Waals surface area contributed by atoms with E-state index in [9.17, 15) is 14.7 Å². The molecule has 33 heavy (non-hydrogen) atoms. The Bertz CT molecular complexity index is 1090. The van der Waals surface area contributed by atoms with E-state index in [1.54, 1.807) is 24.3 Å². The fourth-order valence-electron chi connectivity index (χ4n) is 4.35. The standard InChI is InChI=1S/C22H25N5O6/c1-22(2)32-12-14(33-22)11-31-18-5-3-4-17(24-18)25-21(30)27-13-8-9-26(10-13)16-7-6-15(20(28)29)23-19(16)27/h3-7,13-14H,8-12H2,1-2H3,(H,28,29)(H,24,25,30)/t13-,14?/m0/s1. The summed E-state index contributed by atoms with van der Waals surface area (Å²) >= 11 is 0. The molecule has 0 aliphatic carbocycles. The van der Waals surface area contributed by atoms with Crippen LogP contribution in [0.25, 0.3) is 0 Å². The molecule has 2 atom stereocenters. The summed E-state index contributed by atoms with van der Waals surface area (Å²) in [6.07, 6.45) is 0.562. The number of pyridine rings is 2. The predicted molar refractivity (Wildman–Crippen MR) is 118 cm³/mol. The molecule has 0 radical (unpaired) electrons. The first kappa shape index (κ1) is 21.4. The maximum atomic E-state index is 13.2. The predicted octanol–water partition coefficient (Wildman–Crippen LogP) is 2.34. The van der Waals surface area contributed by atoms with Gasteiger partial charge in [0.25, 0.3) is 0 Å². The molecular formula is C22H25N5O6. The van der Waals surface area contributed by atoms with E-state index in [0.717, 1.165) is 18.7 Å². The highest BCUT2D eigenvalue weighted by Gasteiger charge is 2.40. The molecule has 0 spiro atoms. The molecule has 2 saturated heterocycles. The second-order valence-electron chi connectivity index (χ2n) is 8.66. The first-order chi connectivity index (χ1) is 15.8. The van der Waals surface area contributed by atoms with Crippen molar-refractivity contribution in [3.05, 3.63) is 36.0 Å². The van der Waals surface area contributed by atoms with Gasteiger partial charge in [-0.2, -0.15) is 4.98 Å². The number of hydrogen-bond acceptors (Lipinski definition) is 8. The zero-order valence-corrected chi connectivity index (χ0v) is 18.4. The van der Waals surface area contributed by atoms with Crippen LogP contribution in [0.5, 0.6) is 5.88 Å². The summed E-state index contributed by atoms with van der Waals surface area (Å²) in [7, 11) is 0. The lowest BCUT2D eigenvalue weighted by atomic mass is 10.2. The van der Waals surface area contributed by atoms with Crippen molar-refractivity contribution in [2.45, 2.75) is 38.2 Å². The van der Waals surface area contributed by atoms with Crippen molar-refractivity contribution in [1.29, 1.82) is 0 Å². The molecular weight excluding hydrogens is 430 g/mol. The molecule has 2 amide bonds. The quantitative estimate of drug-likeness (QED) is 0.698. The van der Waals surface area contributed by atoms with Crippen molar-refractivity contribution in [3.63, 3.8) is 0 Å². The van der Waals surface area contributed by atoms with Gasteiger partial charge in [0, 0.05) is 19.2 Å². The minimum atomic E-state index is -1.14. The monoisotopic (exact) mass is 455 g/mol. The highest BCUT2D eigenvalue weighted by atomic mass is 16.7. The summed E-state index contributed by atoms with van der Waals surface area (Å²) in [4.78, 5) is 36.9. The summed E-state index contributed by atoms with van der Waals surface area (Å²) in [6, 6.07) is 7.73. The molecule has 3 aliphatic rings. The number of carboxylic acid groups (broad SMARTS) is 1. The van der Waals surface area contributed by atoms with Crippen LogP contribution in [0.4, 0.5) is 22.1 Å². The van der Waals surface area contributed by atoms with Gasteiger partial charge in [-0.15, -0.1) is 0 Å². The number of rotatable bonds is 5. The number of aromatic nitrogens is 2. The number of fused-ring (bicyclic) bond motifs is 4. The molecule has 2 aromatic rings. The summed E-state index contributed by atoms with van der Waals surface area (Å²) in [5, 5.41) is 12.1. The number of aromatic carboxylic acids is 1. The summed E-state index contributed by atoms with van der Waals surface area (Å²) < 4.78 is 17.0. The minimum Gasteiger partial charge on any atom is -0.477 e. The smallest absolute Gasteiger partial charge is 0.354 e. The Hall–Kier alpha value is -3.44. The SMILES string of the molecule is CC1(C)OCC(COc2cccc(NC(=O)N3c4nc(C(=O)O)ccc4N4CC[C@H]3C4)n2)O1. The second kappa shape index (κ2) is 8.16. The zero-order valence-electron chi connectivity index (χ0n) is 18.4. The summed E-state index contributed by atoms with van der Waals surface area (Å²) in [6.45, 7) is 5.84. The molecule has 174 valence electrons. The van der Waals surface area contributed by atoms with Crippen LogP contribution in [0.2, 0.25) is 0 Å². The Morgan fingerprint density at radius 3 is 2.88 bits per heavy atom. The number of ether oxygens (including phenoxy) is 3. The molecule has 0 aromatic carbocycles. The van der Waals surface area contributed by atoms with Crippen LogP contribution >= 0.6 is 0 Å². The van der Waals surface area contributed by atoms with E-state index < -0.39 is 17.8 Å². The lowest BCUT2D eigenvalue weighted by Gasteiger charge is -2.35. The number of urea groups is 1. The molecule has 11 nitrogen and oxygen atoms in total. The highest BCUT2D eigenvalue weighted by molar-refractivity contribution is 6.04. The Morgan fingerprint density at radius 1 is 1.27 bits per heavy atom. The van der Waals surface area contributed by atoms with Gasteiger partial charge in [0.05, 0.1) is 18.3 Å². The zero-order chi connectivity index (χ0) is 23.2. The van der Waals surface area contributed by atoms with Gasteiger partial charge in [-0.25, -0.2) is 14.6 Å². The van der Waals surface area contributed by atoms with Crippen LogP contribution in [0.3, 0.4) is 0 Å². The Labute approximate surface area is 190 Å². The number of carboxylic acids is 1. The number of hydrogen-bond donors (Lipinski definition) is 2. The number of amides is 2. The third-order valence-corrected chi connectivity index (χ3v) is 5.83. The average molecular weight is 455 g/mol. The van der Waals surface area contributed by atoms with E-state index in [0.29, 0.717) is 30.7 Å². The Kier molecular flexibility index (Phi) is 5.29. The van der Waals surface area contributed by atoms with Gasteiger partial charge in [0.15, 0.2) is 17.3 Å². The van der Waals surface area contributed by atoms with Gasteiger partial charge in [-0.05, 0) is 38.5 Å². The number of anilines is 3. The topological polar surface area (TPSA) is 126 Å². The summed E-state index contributed by atoms with van der Waals surface area (Å²) in [5.41, 5.74) is 0.638. The van der Waals surface area contributed by atoms with E-state index in [-0.39, 0.29) is 24.4 Å². The van der Waals surface area contributed by atoms with Crippen LogP contribution in [-0.2, 0) is 9.47 Å². The molecule has 2 N–H and O–H groups in total. The molecule has 2 aromatic heterocycles. The van der Waals surface area contributed by atoms with Crippen molar-refractivity contribution in [2.24, 2.45) is 0 Å². The van der Waals surface area contributed by atoms with E-state index in [2.05, 4.69) is 20.2 Å². The number of carbonyl (C=O) groups is 2. The van der Waals surface area contributed by atoms with E-state index in [1.165, 1.54) is 11.0 Å². The van der Waals surface area contributed by atoms with Crippen molar-refractivity contribution < 1.29 is 28.9 Å². The second-order valence-corrected chi connectivity index (χ2v) is 8.66. The van der Waals surface area contributed by atoms with Crippen LogP contribution < -0.4 is 19.9 Å². The highest BCUT2D eigenvalue weighted by Crippen LogP contribution is 2.39. The van der Waals surface area contributed by atoms with Crippen LogP contribution in [0, 0.1) is 0 Å². The van der Waals surface area contributed by atoms with Crippen LogP contribution in [0.1, 0.15) is 30.8 Å². The minimum absolute atomic E-state index is 0.101. The Morgan fingerprint density at radius 2 is 2.12 bits per heavy atom. The van der Waals surface area contributed by atoms with Crippen molar-refractivity contribution in [2.75, 3.05) is 41.4 Å². The molecule has 3 aliphatic heterocycles. The number of nitrogens with one attached hydrogen (secondary N) is 1. The summed E-state index contributed by atoms with van der Waals surface area (Å²) in [5.74, 6) is -0.768. The van der Waals surface area contributed by atoms with Crippen molar-refractivity contribution >= 4 is 29.3 Å². The third-order valence-electron chi connectivity index (χ3n) is 5.83. The molecule has 5 heterocycles. The first-order valence-electron chi connectivity index (χ1n) is 10.8. The normalized spacial score (nSPS) is 22.7.